The van der Waals surface area contributed by atoms with Crippen LogP contribution < -0.4 is 0 Å². The summed E-state index contributed by atoms with van der Waals surface area (Å²) in [6.07, 6.45) is 19.1. The van der Waals surface area contributed by atoms with Gasteiger partial charge < -0.3 is 23.1 Å². The van der Waals surface area contributed by atoms with Gasteiger partial charge in [-0.25, -0.2) is 0 Å². The van der Waals surface area contributed by atoms with Crippen LogP contribution in [0.15, 0.2) is 48.1 Å². The van der Waals surface area contributed by atoms with Crippen LogP contribution in [0, 0.1) is 25.7 Å². The van der Waals surface area contributed by atoms with Crippen molar-refractivity contribution in [2.75, 3.05) is 0 Å². The Balaban J connectivity index is -0.000000169. The van der Waals surface area contributed by atoms with Gasteiger partial charge in [0.2, 0.25) is 3.79 Å². The van der Waals surface area contributed by atoms with Gasteiger partial charge in [-0.1, -0.05) is 77.3 Å². The zero-order valence-corrected chi connectivity index (χ0v) is 20.9. The molecule has 0 saturated heterocycles. The van der Waals surface area contributed by atoms with E-state index < -0.39 is 16.0 Å². The number of alkyl halides is 3. The van der Waals surface area contributed by atoms with Crippen LogP contribution in [0.2, 0.25) is 0 Å². The molecule has 0 heterocycles. The molecule has 2 nitrogen and oxygen atoms in total. The summed E-state index contributed by atoms with van der Waals surface area (Å²) in [4.78, 5) is 0. The van der Waals surface area contributed by atoms with Crippen LogP contribution in [-0.4, -0.2) is 26.2 Å². The number of allylic oxidation sites excluding steroid dienone is 6. The average Bonchev–Trinajstić information content (AvgIpc) is 3.24. The number of aliphatic hydroxyl groups excluding tert-OH is 2. The molecular weight excluding hydrogens is 537 g/mol. The van der Waals surface area contributed by atoms with Crippen molar-refractivity contribution in [3.8, 4) is 0 Å². The van der Waals surface area contributed by atoms with Gasteiger partial charge in [0.05, 0.1) is 6.10 Å². The molecule has 2 rings (SSSR count). The van der Waals surface area contributed by atoms with Crippen molar-refractivity contribution in [3.05, 3.63) is 73.8 Å². The third-order valence-corrected chi connectivity index (χ3v) is 3.21. The van der Waals surface area contributed by atoms with E-state index in [0.29, 0.717) is 5.57 Å². The number of hydrogen-bond acceptors (Lipinski definition) is 2. The van der Waals surface area contributed by atoms with Crippen LogP contribution in [0.25, 0.3) is 0 Å². The van der Waals surface area contributed by atoms with E-state index >= 15 is 0 Å². The van der Waals surface area contributed by atoms with Crippen molar-refractivity contribution >= 4 is 34.8 Å². The van der Waals surface area contributed by atoms with Crippen molar-refractivity contribution < 1.29 is 46.8 Å². The van der Waals surface area contributed by atoms with Crippen molar-refractivity contribution in [3.63, 3.8) is 0 Å². The minimum Gasteiger partial charge on any atom is -0.389 e. The van der Waals surface area contributed by atoms with E-state index in [-0.39, 0.29) is 43.0 Å². The molecule has 0 bridgehead atoms. The zero-order valence-electron chi connectivity index (χ0n) is 15.9. The quantitative estimate of drug-likeness (QED) is 0.252. The molecule has 7 heteroatoms. The van der Waals surface area contributed by atoms with Gasteiger partial charge in [0, 0.05) is 36.3 Å². The van der Waals surface area contributed by atoms with Crippen molar-refractivity contribution in [2.24, 2.45) is 0 Å². The Morgan fingerprint density at radius 3 is 1.59 bits per heavy atom. The minimum absolute atomic E-state index is 0. The largest absolute Gasteiger partial charge is 2.00 e. The second-order valence-corrected chi connectivity index (χ2v) is 7.51. The Kier molecular flexibility index (Phi) is 30.3. The molecule has 27 heavy (non-hydrogen) atoms. The summed E-state index contributed by atoms with van der Waals surface area (Å²) in [5.74, 6) is 0. The van der Waals surface area contributed by atoms with Gasteiger partial charge in [0.1, 0.15) is 6.10 Å². The van der Waals surface area contributed by atoms with Gasteiger partial charge in [0.15, 0.2) is 0 Å². The number of aliphatic hydroxyl groups is 2. The van der Waals surface area contributed by atoms with E-state index in [0.717, 1.165) is 0 Å². The van der Waals surface area contributed by atoms with E-state index in [9.17, 15) is 10.2 Å². The molecular formula is C20H29Cl3FeO2Rh. The van der Waals surface area contributed by atoms with Gasteiger partial charge in [0.25, 0.3) is 0 Å². The smallest absolute Gasteiger partial charge is 0.389 e. The summed E-state index contributed by atoms with van der Waals surface area (Å²) < 4.78 is -1.76. The molecule has 3 radical (unpaired) electrons. The molecule has 0 aliphatic heterocycles. The molecule has 0 saturated carbocycles. The van der Waals surface area contributed by atoms with Gasteiger partial charge in [-0.2, -0.15) is 27.7 Å². The third-order valence-electron chi connectivity index (χ3n) is 2.45. The topological polar surface area (TPSA) is 40.5 Å². The molecule has 0 spiro atoms. The molecule has 0 aromatic carbocycles. The van der Waals surface area contributed by atoms with E-state index in [2.05, 4.69) is 0 Å². The molecule has 0 aromatic rings. The summed E-state index contributed by atoms with van der Waals surface area (Å²) in [5.41, 5.74) is 0.707. The van der Waals surface area contributed by atoms with Crippen LogP contribution >= 0.6 is 34.8 Å². The average molecular weight is 567 g/mol. The number of rotatable bonds is 3. The predicted octanol–water partition coefficient (Wildman–Crippen LogP) is 5.94. The normalized spacial score (nSPS) is 15.4. The maximum atomic E-state index is 9.61. The fraction of sp³-hybridized carbons (Fsp3) is 0.400. The molecule has 2 unspecified atom stereocenters. The fourth-order valence-electron chi connectivity index (χ4n) is 1.41. The maximum absolute atomic E-state index is 9.61. The first-order valence-electron chi connectivity index (χ1n) is 8.03. The van der Waals surface area contributed by atoms with Crippen molar-refractivity contribution in [1.82, 2.24) is 0 Å². The summed E-state index contributed by atoms with van der Waals surface area (Å²) in [7, 11) is 0. The fourth-order valence-corrected chi connectivity index (χ4v) is 1.68. The summed E-state index contributed by atoms with van der Waals surface area (Å²) in [6, 6.07) is 0. The maximum Gasteiger partial charge on any atom is 2.00 e. The molecule has 159 valence electrons. The van der Waals surface area contributed by atoms with E-state index in [1.54, 1.807) is 24.6 Å². The first-order valence-corrected chi connectivity index (χ1v) is 9.16. The van der Waals surface area contributed by atoms with Crippen LogP contribution in [0.3, 0.4) is 0 Å². The first kappa shape index (κ1) is 35.3. The van der Waals surface area contributed by atoms with Gasteiger partial charge in [-0.05, 0) is 5.57 Å². The Bertz CT molecular complexity index is 421. The van der Waals surface area contributed by atoms with Crippen molar-refractivity contribution in [1.29, 1.82) is 0 Å². The Morgan fingerprint density at radius 1 is 0.889 bits per heavy atom. The number of hydrogen-bond donors (Lipinski definition) is 2. The van der Waals surface area contributed by atoms with E-state index in [1.807, 2.05) is 71.3 Å². The molecule has 0 fully saturated rings. The van der Waals surface area contributed by atoms with Gasteiger partial charge in [-0.3, -0.25) is 0 Å². The number of halogens is 3. The Morgan fingerprint density at radius 2 is 1.33 bits per heavy atom. The van der Waals surface area contributed by atoms with Gasteiger partial charge >= 0.3 is 19.5 Å². The summed E-state index contributed by atoms with van der Waals surface area (Å²) in [6.45, 7) is 8.00. The second-order valence-electron chi connectivity index (χ2n) is 5.14. The van der Waals surface area contributed by atoms with Crippen LogP contribution in [0.4, 0.5) is 0 Å². The molecule has 0 aromatic heterocycles. The first-order chi connectivity index (χ1) is 11.7. The molecule has 2 atom stereocenters. The van der Waals surface area contributed by atoms with E-state index in [1.165, 1.54) is 0 Å². The SMILES string of the molecule is C[CH-]C.C[CH-]C.OC(CC(O)C(Cl)(Cl)Cl)C1=C[CH]C=C1.[CH]1C=CC=C1.[Fe].[Rh+2]. The Hall–Kier alpha value is 0.893. The standard InChI is InChI=1S/C9H10Cl3O2.C5H5.2C3H7.Fe.Rh/c10-9(11,12)8(14)5-7(13)6-3-1-2-4-6;1-2-4-5-3-1;2*1-3-2;;/h1-4,7-8,13-14H,5H2;1-5H;2*3H,1-2H3;;/q;;2*-1;;+2. The van der Waals surface area contributed by atoms with Crippen molar-refractivity contribution in [2.45, 2.75) is 50.1 Å². The Labute approximate surface area is 204 Å². The summed E-state index contributed by atoms with van der Waals surface area (Å²) in [5, 5.41) is 19.0. The van der Waals surface area contributed by atoms with E-state index in [4.69, 9.17) is 34.8 Å². The predicted molar refractivity (Wildman–Crippen MR) is 112 cm³/mol. The third kappa shape index (κ3) is 23.0. The summed E-state index contributed by atoms with van der Waals surface area (Å²) >= 11 is 16.4. The second kappa shape index (κ2) is 23.2. The van der Waals surface area contributed by atoms with Crippen LogP contribution in [-0.2, 0) is 36.5 Å². The zero-order chi connectivity index (χ0) is 19.7. The van der Waals surface area contributed by atoms with Crippen LogP contribution in [0.1, 0.15) is 34.1 Å². The molecule has 2 aliphatic rings. The molecule has 0 amide bonds. The van der Waals surface area contributed by atoms with Gasteiger partial charge in [-0.15, -0.1) is 0 Å². The molecule has 2 aliphatic carbocycles. The minimum atomic E-state index is -1.76. The van der Waals surface area contributed by atoms with Crippen LogP contribution in [0.5, 0.6) is 0 Å². The molecule has 2 N–H and O–H groups in total. The monoisotopic (exact) mass is 565 g/mol.